The van der Waals surface area contributed by atoms with Crippen molar-refractivity contribution in [3.8, 4) is 0 Å². The van der Waals surface area contributed by atoms with Crippen molar-refractivity contribution < 1.29 is 4.39 Å². The molecule has 3 heteroatoms. The fourth-order valence-electron chi connectivity index (χ4n) is 2.55. The maximum absolute atomic E-state index is 12.2. The van der Waals surface area contributed by atoms with E-state index >= 15 is 0 Å². The van der Waals surface area contributed by atoms with Crippen LogP contribution in [0.15, 0.2) is 0 Å². The average molecular weight is 172 g/mol. The lowest BCUT2D eigenvalue weighted by atomic mass is 9.92. The van der Waals surface area contributed by atoms with Crippen LogP contribution in [0, 0.1) is 5.92 Å². The van der Waals surface area contributed by atoms with Gasteiger partial charge in [0.2, 0.25) is 0 Å². The highest BCUT2D eigenvalue weighted by Gasteiger charge is 2.34. The quantitative estimate of drug-likeness (QED) is 0.657. The van der Waals surface area contributed by atoms with Crippen LogP contribution < -0.4 is 5.32 Å². The highest BCUT2D eigenvalue weighted by Crippen LogP contribution is 2.25. The highest BCUT2D eigenvalue weighted by molar-refractivity contribution is 4.91. The van der Waals surface area contributed by atoms with Gasteiger partial charge in [-0.2, -0.15) is 0 Å². The molecule has 0 spiro atoms. The third kappa shape index (κ3) is 1.48. The topological polar surface area (TPSA) is 15.3 Å². The zero-order valence-electron chi connectivity index (χ0n) is 7.43. The van der Waals surface area contributed by atoms with Crippen LogP contribution in [-0.2, 0) is 0 Å². The maximum atomic E-state index is 12.2. The van der Waals surface area contributed by atoms with Crippen molar-refractivity contribution in [2.24, 2.45) is 5.92 Å². The second kappa shape index (κ2) is 3.71. The lowest BCUT2D eigenvalue weighted by molar-refractivity contribution is 0.117. The van der Waals surface area contributed by atoms with E-state index < -0.39 is 0 Å². The molecule has 0 bridgehead atoms. The Morgan fingerprint density at radius 3 is 3.17 bits per heavy atom. The van der Waals surface area contributed by atoms with Crippen LogP contribution in [0.25, 0.3) is 0 Å². The van der Waals surface area contributed by atoms with E-state index in [1.165, 1.54) is 12.8 Å². The second-order valence-electron chi connectivity index (χ2n) is 3.85. The number of halogens is 1. The molecule has 0 aromatic rings. The van der Waals surface area contributed by atoms with Gasteiger partial charge in [-0.25, -0.2) is 4.39 Å². The molecule has 0 aromatic carbocycles. The van der Waals surface area contributed by atoms with Crippen LogP contribution in [0.4, 0.5) is 4.39 Å². The standard InChI is InChI=1S/C9H17FN2/c10-3-5-12-4-1-2-8-6-11-7-9(8)12/h8-9,11H,1-7H2. The predicted octanol–water partition coefficient (Wildman–Crippen LogP) is 0.640. The van der Waals surface area contributed by atoms with E-state index in [9.17, 15) is 4.39 Å². The van der Waals surface area contributed by atoms with Gasteiger partial charge in [0.05, 0.1) is 0 Å². The van der Waals surface area contributed by atoms with Crippen molar-refractivity contribution in [2.45, 2.75) is 18.9 Å². The second-order valence-corrected chi connectivity index (χ2v) is 3.85. The minimum absolute atomic E-state index is 0.191. The molecule has 2 fully saturated rings. The molecule has 12 heavy (non-hydrogen) atoms. The van der Waals surface area contributed by atoms with Gasteiger partial charge >= 0.3 is 0 Å². The van der Waals surface area contributed by atoms with E-state index in [1.807, 2.05) is 0 Å². The van der Waals surface area contributed by atoms with Crippen molar-refractivity contribution in [3.63, 3.8) is 0 Å². The van der Waals surface area contributed by atoms with Crippen LogP contribution in [0.2, 0.25) is 0 Å². The van der Waals surface area contributed by atoms with E-state index in [-0.39, 0.29) is 6.67 Å². The number of alkyl halides is 1. The minimum atomic E-state index is -0.191. The van der Waals surface area contributed by atoms with Crippen molar-refractivity contribution in [1.29, 1.82) is 0 Å². The number of nitrogens with one attached hydrogen (secondary N) is 1. The first-order chi connectivity index (χ1) is 5.92. The summed E-state index contributed by atoms with van der Waals surface area (Å²) in [5.41, 5.74) is 0. The Kier molecular flexibility index (Phi) is 2.61. The van der Waals surface area contributed by atoms with E-state index in [0.29, 0.717) is 12.6 Å². The first-order valence-electron chi connectivity index (χ1n) is 4.92. The van der Waals surface area contributed by atoms with Gasteiger partial charge in [0.1, 0.15) is 6.67 Å². The molecule has 2 aliphatic heterocycles. The van der Waals surface area contributed by atoms with Crippen LogP contribution in [-0.4, -0.2) is 43.8 Å². The highest BCUT2D eigenvalue weighted by atomic mass is 19.1. The zero-order chi connectivity index (χ0) is 8.39. The number of hydrogen-bond donors (Lipinski definition) is 1. The van der Waals surface area contributed by atoms with Crippen molar-refractivity contribution in [1.82, 2.24) is 10.2 Å². The van der Waals surface area contributed by atoms with E-state index in [4.69, 9.17) is 0 Å². The normalized spacial score (nSPS) is 36.8. The van der Waals surface area contributed by atoms with Crippen molar-refractivity contribution in [2.75, 3.05) is 32.9 Å². The largest absolute Gasteiger partial charge is 0.315 e. The Balaban J connectivity index is 1.94. The van der Waals surface area contributed by atoms with Crippen LogP contribution in [0.5, 0.6) is 0 Å². The van der Waals surface area contributed by atoms with Crippen LogP contribution >= 0.6 is 0 Å². The van der Waals surface area contributed by atoms with Gasteiger partial charge < -0.3 is 5.32 Å². The molecule has 0 aliphatic carbocycles. The Hall–Kier alpha value is -0.150. The van der Waals surface area contributed by atoms with E-state index in [2.05, 4.69) is 10.2 Å². The molecule has 2 saturated heterocycles. The van der Waals surface area contributed by atoms with E-state index in [0.717, 1.165) is 25.6 Å². The molecule has 2 heterocycles. The van der Waals surface area contributed by atoms with Gasteiger partial charge in [-0.3, -0.25) is 4.90 Å². The smallest absolute Gasteiger partial charge is 0.102 e. The fourth-order valence-corrected chi connectivity index (χ4v) is 2.55. The molecule has 2 aliphatic rings. The van der Waals surface area contributed by atoms with Gasteiger partial charge in [0, 0.05) is 19.1 Å². The number of likely N-dealkylation sites (tertiary alicyclic amines) is 1. The third-order valence-electron chi connectivity index (χ3n) is 3.17. The molecule has 1 N–H and O–H groups in total. The molecule has 0 saturated carbocycles. The van der Waals surface area contributed by atoms with Crippen LogP contribution in [0.3, 0.4) is 0 Å². The minimum Gasteiger partial charge on any atom is -0.315 e. The Labute approximate surface area is 73.1 Å². The van der Waals surface area contributed by atoms with Crippen molar-refractivity contribution >= 4 is 0 Å². The molecule has 0 aromatic heterocycles. The Morgan fingerprint density at radius 1 is 1.42 bits per heavy atom. The summed E-state index contributed by atoms with van der Waals surface area (Å²) in [6, 6.07) is 0.634. The number of rotatable bonds is 2. The SMILES string of the molecule is FCCN1CCCC2CNCC21. The number of hydrogen-bond acceptors (Lipinski definition) is 2. The molecule has 2 nitrogen and oxygen atoms in total. The zero-order valence-corrected chi connectivity index (χ0v) is 7.43. The van der Waals surface area contributed by atoms with Gasteiger partial charge in [-0.15, -0.1) is 0 Å². The summed E-state index contributed by atoms with van der Waals surface area (Å²) in [4.78, 5) is 2.31. The Morgan fingerprint density at radius 2 is 2.33 bits per heavy atom. The van der Waals surface area contributed by atoms with Gasteiger partial charge in [-0.05, 0) is 31.8 Å². The number of fused-ring (bicyclic) bond motifs is 1. The molecule has 2 rings (SSSR count). The lowest BCUT2D eigenvalue weighted by Crippen LogP contribution is -2.45. The molecule has 0 radical (unpaired) electrons. The molecular formula is C9H17FN2. The summed E-state index contributed by atoms with van der Waals surface area (Å²) in [5.74, 6) is 0.797. The van der Waals surface area contributed by atoms with Gasteiger partial charge in [0.25, 0.3) is 0 Å². The third-order valence-corrected chi connectivity index (χ3v) is 3.17. The predicted molar refractivity (Wildman–Crippen MR) is 46.9 cm³/mol. The maximum Gasteiger partial charge on any atom is 0.102 e. The van der Waals surface area contributed by atoms with Crippen molar-refractivity contribution in [3.05, 3.63) is 0 Å². The monoisotopic (exact) mass is 172 g/mol. The summed E-state index contributed by atoms with van der Waals surface area (Å²) in [7, 11) is 0. The van der Waals surface area contributed by atoms with E-state index in [1.54, 1.807) is 0 Å². The molecular weight excluding hydrogens is 155 g/mol. The first-order valence-corrected chi connectivity index (χ1v) is 4.92. The molecule has 2 unspecified atom stereocenters. The summed E-state index contributed by atoms with van der Waals surface area (Å²) in [5, 5.41) is 3.39. The summed E-state index contributed by atoms with van der Waals surface area (Å²) in [6.45, 7) is 3.77. The molecule has 2 atom stereocenters. The number of piperidine rings is 1. The summed E-state index contributed by atoms with van der Waals surface area (Å²) in [6.07, 6.45) is 2.59. The fraction of sp³-hybridized carbons (Fsp3) is 1.00. The molecule has 0 amide bonds. The van der Waals surface area contributed by atoms with Crippen LogP contribution in [0.1, 0.15) is 12.8 Å². The number of nitrogens with zero attached hydrogens (tertiary/aromatic N) is 1. The lowest BCUT2D eigenvalue weighted by Gasteiger charge is -2.36. The first kappa shape index (κ1) is 8.45. The Bertz CT molecular complexity index is 149. The summed E-state index contributed by atoms with van der Waals surface area (Å²) < 4.78 is 12.2. The average Bonchev–Trinajstić information content (AvgIpc) is 2.53. The van der Waals surface area contributed by atoms with Gasteiger partial charge in [0.15, 0.2) is 0 Å². The van der Waals surface area contributed by atoms with Gasteiger partial charge in [-0.1, -0.05) is 0 Å². The molecule has 70 valence electrons. The summed E-state index contributed by atoms with van der Waals surface area (Å²) >= 11 is 0.